The van der Waals surface area contributed by atoms with E-state index in [-0.39, 0.29) is 12.5 Å². The molecule has 0 radical (unpaired) electrons. The van der Waals surface area contributed by atoms with Crippen LogP contribution < -0.4 is 10.1 Å². The summed E-state index contributed by atoms with van der Waals surface area (Å²) >= 11 is 0. The van der Waals surface area contributed by atoms with Gasteiger partial charge in [0, 0.05) is 17.5 Å². The van der Waals surface area contributed by atoms with Gasteiger partial charge in [-0.25, -0.2) is 4.98 Å². The maximum Gasteiger partial charge on any atom is 0.252 e. The number of aliphatic hydroxyl groups is 1. The van der Waals surface area contributed by atoms with Crippen LogP contribution >= 0.6 is 0 Å². The number of pyridine rings is 1. The van der Waals surface area contributed by atoms with Crippen molar-refractivity contribution in [1.82, 2.24) is 10.3 Å². The van der Waals surface area contributed by atoms with E-state index in [2.05, 4.69) is 11.4 Å². The van der Waals surface area contributed by atoms with E-state index in [9.17, 15) is 9.90 Å². The van der Waals surface area contributed by atoms with Gasteiger partial charge in [-0.1, -0.05) is 36.4 Å². The monoisotopic (exact) mass is 386 g/mol. The Morgan fingerprint density at radius 1 is 1.07 bits per heavy atom. The minimum Gasteiger partial charge on any atom is -0.497 e. The van der Waals surface area contributed by atoms with Crippen molar-refractivity contribution in [3.05, 3.63) is 72.3 Å². The third kappa shape index (κ3) is 3.91. The largest absolute Gasteiger partial charge is 0.497 e. The second kappa shape index (κ2) is 7.89. The Hall–Kier alpha value is -3.44. The maximum absolute atomic E-state index is 12.8. The summed E-state index contributed by atoms with van der Waals surface area (Å²) in [5, 5.41) is 15.2. The van der Waals surface area contributed by atoms with E-state index in [1.165, 1.54) is 0 Å². The molecule has 2 N–H and O–H groups in total. The molecule has 4 aromatic rings. The lowest BCUT2D eigenvalue weighted by molar-refractivity contribution is 0.0925. The fraction of sp³-hybridized carbons (Fsp3) is 0.167. The smallest absolute Gasteiger partial charge is 0.252 e. The molecule has 1 amide bonds. The highest BCUT2D eigenvalue weighted by Crippen LogP contribution is 2.29. The number of carbonyl (C=O) groups excluding carboxylic acids is 1. The first kappa shape index (κ1) is 18.9. The summed E-state index contributed by atoms with van der Waals surface area (Å²) in [7, 11) is 1.65. The van der Waals surface area contributed by atoms with Gasteiger partial charge in [0.25, 0.3) is 5.91 Å². The van der Waals surface area contributed by atoms with Gasteiger partial charge in [-0.3, -0.25) is 4.79 Å². The van der Waals surface area contributed by atoms with Crippen molar-refractivity contribution in [2.24, 2.45) is 0 Å². The van der Waals surface area contributed by atoms with Crippen LogP contribution in [-0.4, -0.2) is 35.8 Å². The van der Waals surface area contributed by atoms with Crippen LogP contribution in [0.25, 0.3) is 32.9 Å². The second-order valence-corrected chi connectivity index (χ2v) is 7.06. The highest BCUT2D eigenvalue weighted by atomic mass is 16.5. The number of nitrogens with one attached hydrogen (secondary N) is 1. The molecule has 1 unspecified atom stereocenters. The molecule has 1 atom stereocenters. The zero-order chi connectivity index (χ0) is 20.4. The number of methoxy groups -OCH3 is 1. The number of carbonyl (C=O) groups is 1. The quantitative estimate of drug-likeness (QED) is 0.540. The van der Waals surface area contributed by atoms with Crippen LogP contribution in [0, 0.1) is 0 Å². The minimum absolute atomic E-state index is 0.197. The number of ether oxygens (including phenoxy) is 1. The van der Waals surface area contributed by atoms with E-state index >= 15 is 0 Å². The Morgan fingerprint density at radius 2 is 1.83 bits per heavy atom. The summed E-state index contributed by atoms with van der Waals surface area (Å²) in [6, 6.07) is 21.4. The standard InChI is InChI=1S/C24H22N2O3/c1-15(27)14-25-24(28)21-13-23(26-22-6-4-3-5-20(21)22)18-8-7-17-12-19(29-2)10-9-16(17)11-18/h3-13,15,27H,14H2,1-2H3,(H,25,28). The third-order valence-corrected chi connectivity index (χ3v) is 4.86. The van der Waals surface area contributed by atoms with E-state index < -0.39 is 6.10 Å². The molecule has 1 aromatic heterocycles. The molecule has 0 aliphatic rings. The molecule has 5 heteroatoms. The molecule has 1 heterocycles. The average Bonchev–Trinajstić information content (AvgIpc) is 2.75. The number of benzene rings is 3. The predicted octanol–water partition coefficient (Wildman–Crippen LogP) is 4.17. The van der Waals surface area contributed by atoms with Crippen molar-refractivity contribution in [1.29, 1.82) is 0 Å². The average molecular weight is 386 g/mol. The first-order valence-electron chi connectivity index (χ1n) is 9.49. The van der Waals surface area contributed by atoms with Gasteiger partial charge in [-0.15, -0.1) is 0 Å². The Balaban J connectivity index is 1.81. The topological polar surface area (TPSA) is 71.5 Å². The van der Waals surface area contributed by atoms with E-state index in [1.54, 1.807) is 14.0 Å². The van der Waals surface area contributed by atoms with Gasteiger partial charge in [-0.05, 0) is 48.0 Å². The Labute approximate surface area is 169 Å². The van der Waals surface area contributed by atoms with Crippen molar-refractivity contribution in [2.45, 2.75) is 13.0 Å². The lowest BCUT2D eigenvalue weighted by Crippen LogP contribution is -2.30. The summed E-state index contributed by atoms with van der Waals surface area (Å²) in [5.74, 6) is 0.586. The van der Waals surface area contributed by atoms with Crippen LogP contribution in [0.4, 0.5) is 0 Å². The summed E-state index contributed by atoms with van der Waals surface area (Å²) in [4.78, 5) is 17.5. The van der Waals surface area contributed by atoms with Crippen LogP contribution in [-0.2, 0) is 0 Å². The Kier molecular flexibility index (Phi) is 5.14. The Bertz CT molecular complexity index is 1200. The van der Waals surface area contributed by atoms with Gasteiger partial charge in [0.05, 0.1) is 30.0 Å². The number of aromatic nitrogens is 1. The lowest BCUT2D eigenvalue weighted by Gasteiger charge is -2.12. The number of aliphatic hydroxyl groups excluding tert-OH is 1. The molecule has 4 rings (SSSR count). The fourth-order valence-corrected chi connectivity index (χ4v) is 3.36. The van der Waals surface area contributed by atoms with Gasteiger partial charge in [0.1, 0.15) is 5.75 Å². The summed E-state index contributed by atoms with van der Waals surface area (Å²) in [6.45, 7) is 1.84. The summed E-state index contributed by atoms with van der Waals surface area (Å²) < 4.78 is 5.29. The molecule has 0 aliphatic heterocycles. The van der Waals surface area contributed by atoms with E-state index in [1.807, 2.05) is 60.7 Å². The molecular weight excluding hydrogens is 364 g/mol. The minimum atomic E-state index is -0.607. The first-order valence-corrected chi connectivity index (χ1v) is 9.49. The number of rotatable bonds is 5. The number of hydrogen-bond acceptors (Lipinski definition) is 4. The van der Waals surface area contributed by atoms with Gasteiger partial charge in [0.15, 0.2) is 0 Å². The summed E-state index contributed by atoms with van der Waals surface area (Å²) in [5.41, 5.74) is 2.95. The van der Waals surface area contributed by atoms with E-state index in [4.69, 9.17) is 9.72 Å². The highest BCUT2D eigenvalue weighted by Gasteiger charge is 2.14. The van der Waals surface area contributed by atoms with Crippen molar-refractivity contribution >= 4 is 27.6 Å². The molecule has 0 saturated carbocycles. The number of nitrogens with zero attached hydrogens (tertiary/aromatic N) is 1. The third-order valence-electron chi connectivity index (χ3n) is 4.86. The maximum atomic E-state index is 12.8. The van der Waals surface area contributed by atoms with Crippen LogP contribution in [0.1, 0.15) is 17.3 Å². The highest BCUT2D eigenvalue weighted by molar-refractivity contribution is 6.07. The van der Waals surface area contributed by atoms with Crippen molar-refractivity contribution in [3.63, 3.8) is 0 Å². The molecule has 0 bridgehead atoms. The molecule has 0 aliphatic carbocycles. The van der Waals surface area contributed by atoms with Crippen LogP contribution in [0.2, 0.25) is 0 Å². The Morgan fingerprint density at radius 3 is 2.62 bits per heavy atom. The van der Waals surface area contributed by atoms with Crippen LogP contribution in [0.15, 0.2) is 66.7 Å². The van der Waals surface area contributed by atoms with Crippen molar-refractivity contribution in [2.75, 3.05) is 13.7 Å². The van der Waals surface area contributed by atoms with Gasteiger partial charge in [-0.2, -0.15) is 0 Å². The second-order valence-electron chi connectivity index (χ2n) is 7.06. The van der Waals surface area contributed by atoms with Crippen LogP contribution in [0.3, 0.4) is 0 Å². The zero-order valence-electron chi connectivity index (χ0n) is 16.3. The molecule has 146 valence electrons. The molecule has 29 heavy (non-hydrogen) atoms. The normalized spacial score (nSPS) is 12.1. The number of fused-ring (bicyclic) bond motifs is 2. The van der Waals surface area contributed by atoms with Gasteiger partial charge < -0.3 is 15.2 Å². The number of hydrogen-bond donors (Lipinski definition) is 2. The zero-order valence-corrected chi connectivity index (χ0v) is 16.3. The van der Waals surface area contributed by atoms with Gasteiger partial charge >= 0.3 is 0 Å². The molecule has 0 saturated heterocycles. The summed E-state index contributed by atoms with van der Waals surface area (Å²) in [6.07, 6.45) is -0.607. The molecule has 5 nitrogen and oxygen atoms in total. The molecule has 0 fully saturated rings. The molecular formula is C24H22N2O3. The van der Waals surface area contributed by atoms with Gasteiger partial charge in [0.2, 0.25) is 0 Å². The van der Waals surface area contributed by atoms with E-state index in [0.29, 0.717) is 5.56 Å². The molecule has 0 spiro atoms. The van der Waals surface area contributed by atoms with Crippen molar-refractivity contribution in [3.8, 4) is 17.0 Å². The number of para-hydroxylation sites is 1. The fourth-order valence-electron chi connectivity index (χ4n) is 3.36. The molecule has 3 aromatic carbocycles. The van der Waals surface area contributed by atoms with Crippen LogP contribution in [0.5, 0.6) is 5.75 Å². The predicted molar refractivity (Wildman–Crippen MR) is 115 cm³/mol. The lowest BCUT2D eigenvalue weighted by atomic mass is 10.0. The SMILES string of the molecule is COc1ccc2cc(-c3cc(C(=O)NCC(C)O)c4ccccc4n3)ccc2c1. The number of amides is 1. The van der Waals surface area contributed by atoms with Crippen molar-refractivity contribution < 1.29 is 14.6 Å². The van der Waals surface area contributed by atoms with E-state index in [0.717, 1.165) is 38.7 Å². The first-order chi connectivity index (χ1) is 14.0.